The van der Waals surface area contributed by atoms with E-state index < -0.39 is 5.91 Å². The van der Waals surface area contributed by atoms with Crippen LogP contribution in [0, 0.1) is 20.8 Å². The van der Waals surface area contributed by atoms with Gasteiger partial charge in [-0.2, -0.15) is 0 Å². The first-order valence-electron chi connectivity index (χ1n) is 10.9. The third kappa shape index (κ3) is 4.50. The van der Waals surface area contributed by atoms with Gasteiger partial charge in [-0.1, -0.05) is 24.7 Å². The SMILES string of the molecule is C.Cc1ccc(C(N)=O)cc1-c1cc(-c2c(C)noc2C)cc2[nH]c(NCc3cccnc3)nc12. The molecule has 4 N–H and O–H groups in total. The Morgan fingerprint density at radius 1 is 1.11 bits per heavy atom. The van der Waals surface area contributed by atoms with Crippen molar-refractivity contribution in [2.75, 3.05) is 5.32 Å². The summed E-state index contributed by atoms with van der Waals surface area (Å²) in [6, 6.07) is 13.5. The number of rotatable bonds is 6. The Kier molecular flexibility index (Phi) is 6.38. The number of fused-ring (bicyclic) bond motifs is 1. The van der Waals surface area contributed by atoms with Gasteiger partial charge in [0.25, 0.3) is 0 Å². The molecule has 3 aromatic heterocycles. The minimum atomic E-state index is -0.472. The summed E-state index contributed by atoms with van der Waals surface area (Å²) in [7, 11) is 0. The molecule has 0 fully saturated rings. The third-order valence-corrected chi connectivity index (χ3v) is 5.90. The molecule has 0 aliphatic carbocycles. The van der Waals surface area contributed by atoms with Gasteiger partial charge in [-0.05, 0) is 73.4 Å². The fourth-order valence-electron chi connectivity index (χ4n) is 4.20. The van der Waals surface area contributed by atoms with Gasteiger partial charge >= 0.3 is 0 Å². The van der Waals surface area contributed by atoms with Gasteiger partial charge in [-0.25, -0.2) is 4.98 Å². The number of anilines is 1. The van der Waals surface area contributed by atoms with Gasteiger partial charge in [-0.3, -0.25) is 9.78 Å². The van der Waals surface area contributed by atoms with Crippen LogP contribution in [0.4, 0.5) is 5.95 Å². The highest BCUT2D eigenvalue weighted by atomic mass is 16.5. The number of aromatic nitrogens is 4. The molecule has 0 bridgehead atoms. The lowest BCUT2D eigenvalue weighted by atomic mass is 9.93. The van der Waals surface area contributed by atoms with Crippen molar-refractivity contribution in [1.29, 1.82) is 0 Å². The van der Waals surface area contributed by atoms with E-state index in [1.807, 2.05) is 57.3 Å². The number of carbonyl (C=O) groups excluding carboxylic acids is 1. The van der Waals surface area contributed by atoms with E-state index in [0.29, 0.717) is 18.1 Å². The number of aryl methyl sites for hydroxylation is 3. The molecule has 0 atom stereocenters. The monoisotopic (exact) mass is 468 g/mol. The molecule has 0 aliphatic rings. The molecule has 8 heteroatoms. The van der Waals surface area contributed by atoms with E-state index in [2.05, 4.69) is 26.5 Å². The van der Waals surface area contributed by atoms with E-state index >= 15 is 0 Å². The maximum atomic E-state index is 11.9. The molecule has 35 heavy (non-hydrogen) atoms. The first kappa shape index (κ1) is 23.7. The van der Waals surface area contributed by atoms with Crippen LogP contribution in [0.3, 0.4) is 0 Å². The second kappa shape index (κ2) is 9.42. The number of benzene rings is 2. The van der Waals surface area contributed by atoms with Crippen LogP contribution in [0.5, 0.6) is 0 Å². The van der Waals surface area contributed by atoms with Crippen molar-refractivity contribution >= 4 is 22.9 Å². The molecule has 5 rings (SSSR count). The normalized spacial score (nSPS) is 10.8. The molecule has 0 saturated carbocycles. The van der Waals surface area contributed by atoms with Gasteiger partial charge < -0.3 is 20.6 Å². The van der Waals surface area contributed by atoms with Crippen molar-refractivity contribution in [3.05, 3.63) is 83.0 Å². The zero-order chi connectivity index (χ0) is 23.8. The predicted octanol–water partition coefficient (Wildman–Crippen LogP) is 5.55. The summed E-state index contributed by atoms with van der Waals surface area (Å²) in [4.78, 5) is 24.3. The number of imidazole rings is 1. The number of aromatic amines is 1. The number of amides is 1. The van der Waals surface area contributed by atoms with E-state index in [-0.39, 0.29) is 7.43 Å². The molecule has 0 unspecified atom stereocenters. The molecule has 3 heterocycles. The van der Waals surface area contributed by atoms with Crippen LogP contribution < -0.4 is 11.1 Å². The zero-order valence-corrected chi connectivity index (χ0v) is 19.1. The number of carbonyl (C=O) groups is 1. The molecule has 0 aliphatic heterocycles. The van der Waals surface area contributed by atoms with Gasteiger partial charge in [0.15, 0.2) is 0 Å². The third-order valence-electron chi connectivity index (χ3n) is 5.90. The molecule has 2 aromatic carbocycles. The molecule has 5 aromatic rings. The van der Waals surface area contributed by atoms with Crippen LogP contribution in [0.1, 0.15) is 40.4 Å². The maximum Gasteiger partial charge on any atom is 0.248 e. The summed E-state index contributed by atoms with van der Waals surface area (Å²) >= 11 is 0. The van der Waals surface area contributed by atoms with Crippen molar-refractivity contribution in [3.8, 4) is 22.3 Å². The van der Waals surface area contributed by atoms with Gasteiger partial charge in [0.2, 0.25) is 11.9 Å². The Balaban J connectivity index is 0.00000289. The largest absolute Gasteiger partial charge is 0.366 e. The predicted molar refractivity (Wildman–Crippen MR) is 138 cm³/mol. The van der Waals surface area contributed by atoms with Crippen molar-refractivity contribution < 1.29 is 9.32 Å². The highest BCUT2D eigenvalue weighted by Gasteiger charge is 2.19. The Labute approximate surface area is 203 Å². The number of hydrogen-bond acceptors (Lipinski definition) is 6. The number of nitrogens with zero attached hydrogens (tertiary/aromatic N) is 3. The second-order valence-corrected chi connectivity index (χ2v) is 8.31. The van der Waals surface area contributed by atoms with Crippen LogP contribution in [0.15, 0.2) is 59.4 Å². The Morgan fingerprint density at radius 3 is 2.63 bits per heavy atom. The summed E-state index contributed by atoms with van der Waals surface area (Å²) in [5.41, 5.74) is 14.2. The van der Waals surface area contributed by atoms with Gasteiger partial charge in [0.1, 0.15) is 5.76 Å². The van der Waals surface area contributed by atoms with E-state index in [1.54, 1.807) is 12.3 Å². The summed E-state index contributed by atoms with van der Waals surface area (Å²) in [5, 5.41) is 7.46. The zero-order valence-electron chi connectivity index (χ0n) is 19.1. The van der Waals surface area contributed by atoms with Gasteiger partial charge in [0, 0.05) is 35.6 Å². The Bertz CT molecular complexity index is 1500. The molecule has 0 radical (unpaired) electrons. The van der Waals surface area contributed by atoms with Crippen LogP contribution >= 0.6 is 0 Å². The molecule has 8 nitrogen and oxygen atoms in total. The fourth-order valence-corrected chi connectivity index (χ4v) is 4.20. The lowest BCUT2D eigenvalue weighted by molar-refractivity contribution is 0.100. The van der Waals surface area contributed by atoms with Crippen molar-refractivity contribution in [2.45, 2.75) is 34.7 Å². The first-order valence-corrected chi connectivity index (χ1v) is 10.9. The quantitative estimate of drug-likeness (QED) is 0.300. The number of nitrogens with two attached hydrogens (primary N) is 1. The average Bonchev–Trinajstić information content (AvgIpc) is 3.40. The van der Waals surface area contributed by atoms with Crippen LogP contribution in [0.25, 0.3) is 33.3 Å². The molecular formula is C27H28N6O2. The Hall–Kier alpha value is -4.46. The van der Waals surface area contributed by atoms with Crippen LogP contribution in [-0.4, -0.2) is 26.0 Å². The lowest BCUT2D eigenvalue weighted by Crippen LogP contribution is -2.11. The fraction of sp³-hybridized carbons (Fsp3) is 0.185. The number of nitrogens with one attached hydrogen (secondary N) is 2. The summed E-state index contributed by atoms with van der Waals surface area (Å²) < 4.78 is 5.42. The highest BCUT2D eigenvalue weighted by molar-refractivity contribution is 6.00. The minimum absolute atomic E-state index is 0. The molecular weight excluding hydrogens is 440 g/mol. The number of pyridine rings is 1. The smallest absolute Gasteiger partial charge is 0.248 e. The number of primary amides is 1. The van der Waals surface area contributed by atoms with Crippen LogP contribution in [0.2, 0.25) is 0 Å². The Morgan fingerprint density at radius 2 is 1.94 bits per heavy atom. The first-order chi connectivity index (χ1) is 16.4. The molecule has 178 valence electrons. The standard InChI is InChI=1S/C26H24N6O2.CH4/c1-14-6-7-18(25(27)33)9-20(14)21-10-19(23-15(2)32-34-16(23)3)11-22-24(21)31-26(30-22)29-13-17-5-4-8-28-12-17;/h4-12H,13H2,1-3H3,(H2,27,33)(H2,29,30,31);1H4. The molecule has 1 amide bonds. The van der Waals surface area contributed by atoms with Crippen LogP contribution in [-0.2, 0) is 6.54 Å². The highest BCUT2D eigenvalue weighted by Crippen LogP contribution is 2.37. The van der Waals surface area contributed by atoms with Crippen molar-refractivity contribution in [3.63, 3.8) is 0 Å². The minimum Gasteiger partial charge on any atom is -0.366 e. The number of H-pyrrole nitrogens is 1. The lowest BCUT2D eigenvalue weighted by Gasteiger charge is -2.11. The second-order valence-electron chi connectivity index (χ2n) is 8.31. The summed E-state index contributed by atoms with van der Waals surface area (Å²) in [6.07, 6.45) is 3.56. The van der Waals surface area contributed by atoms with Gasteiger partial charge in [-0.15, -0.1) is 0 Å². The van der Waals surface area contributed by atoms with Crippen molar-refractivity contribution in [2.24, 2.45) is 5.73 Å². The van der Waals surface area contributed by atoms with E-state index in [9.17, 15) is 4.79 Å². The number of hydrogen-bond donors (Lipinski definition) is 3. The van der Waals surface area contributed by atoms with E-state index in [4.69, 9.17) is 15.2 Å². The van der Waals surface area contributed by atoms with E-state index in [0.717, 1.165) is 55.9 Å². The van der Waals surface area contributed by atoms with Crippen molar-refractivity contribution in [1.82, 2.24) is 20.1 Å². The summed E-state index contributed by atoms with van der Waals surface area (Å²) in [5.74, 6) is 0.903. The molecule has 0 saturated heterocycles. The maximum absolute atomic E-state index is 11.9. The summed E-state index contributed by atoms with van der Waals surface area (Å²) in [6.45, 7) is 6.40. The molecule has 0 spiro atoms. The average molecular weight is 469 g/mol. The van der Waals surface area contributed by atoms with Gasteiger partial charge in [0.05, 0.1) is 16.7 Å². The van der Waals surface area contributed by atoms with E-state index in [1.165, 1.54) is 0 Å². The topological polar surface area (TPSA) is 123 Å².